The highest BCUT2D eigenvalue weighted by atomic mass is 32.2. The number of benzene rings is 1. The topological polar surface area (TPSA) is 72.6 Å². The van der Waals surface area contributed by atoms with Gasteiger partial charge in [0.15, 0.2) is 0 Å². The second-order valence-corrected chi connectivity index (χ2v) is 8.48. The third-order valence-corrected chi connectivity index (χ3v) is 6.29. The van der Waals surface area contributed by atoms with Gasteiger partial charge in [0.25, 0.3) is 0 Å². The summed E-state index contributed by atoms with van der Waals surface area (Å²) in [5.74, 6) is 2.04. The van der Waals surface area contributed by atoms with E-state index < -0.39 is 0 Å². The van der Waals surface area contributed by atoms with Crippen molar-refractivity contribution in [3.05, 3.63) is 41.3 Å². The summed E-state index contributed by atoms with van der Waals surface area (Å²) in [6.07, 6.45) is 2.62. The lowest BCUT2D eigenvalue weighted by molar-refractivity contribution is -0.151. The number of carbonyl (C=O) groups excluding carboxylic acids is 2. The van der Waals surface area contributed by atoms with Gasteiger partial charge in [-0.3, -0.25) is 9.59 Å². The molecular formula is C23H30N2O4S. The Kier molecular flexibility index (Phi) is 7.96. The fourth-order valence-electron chi connectivity index (χ4n) is 3.55. The van der Waals surface area contributed by atoms with Crippen LogP contribution >= 0.6 is 11.8 Å². The number of hydrogen-bond acceptors (Lipinski definition) is 6. The Hall–Kier alpha value is -2.28. The number of esters is 1. The number of aromatic nitrogens is 1. The van der Waals surface area contributed by atoms with Crippen molar-refractivity contribution in [3.63, 3.8) is 0 Å². The maximum atomic E-state index is 12.6. The van der Waals surface area contributed by atoms with Gasteiger partial charge in [-0.05, 0) is 50.8 Å². The highest BCUT2D eigenvalue weighted by Gasteiger charge is 2.29. The molecular weight excluding hydrogens is 400 g/mol. The molecule has 0 spiro atoms. The standard InChI is InChI=1S/C23H30N2O4S/c1-4-17-8-10-18(11-9-17)22-24-20(16(3)29-22)14-30-15-21(26)25-12-6-7-19(13-25)23(27)28-5-2/h8-11,19H,4-7,12-15H2,1-3H3. The first-order valence-electron chi connectivity index (χ1n) is 10.6. The minimum absolute atomic E-state index is 0.0607. The lowest BCUT2D eigenvalue weighted by atomic mass is 9.98. The number of carbonyl (C=O) groups is 2. The number of likely N-dealkylation sites (tertiary alicyclic amines) is 1. The highest BCUT2D eigenvalue weighted by molar-refractivity contribution is 7.99. The number of rotatable bonds is 8. The second-order valence-electron chi connectivity index (χ2n) is 7.50. The fraction of sp³-hybridized carbons (Fsp3) is 0.522. The van der Waals surface area contributed by atoms with E-state index in [9.17, 15) is 9.59 Å². The third-order valence-electron chi connectivity index (χ3n) is 5.36. The summed E-state index contributed by atoms with van der Waals surface area (Å²) >= 11 is 1.53. The Morgan fingerprint density at radius 3 is 2.73 bits per heavy atom. The van der Waals surface area contributed by atoms with Crippen LogP contribution < -0.4 is 0 Å². The molecule has 1 amide bonds. The number of oxazole rings is 1. The van der Waals surface area contributed by atoms with Gasteiger partial charge in [-0.15, -0.1) is 11.8 Å². The molecule has 162 valence electrons. The van der Waals surface area contributed by atoms with Crippen LogP contribution in [0, 0.1) is 12.8 Å². The first-order valence-corrected chi connectivity index (χ1v) is 11.7. The zero-order valence-electron chi connectivity index (χ0n) is 18.0. The zero-order chi connectivity index (χ0) is 21.5. The van der Waals surface area contributed by atoms with Crippen LogP contribution in [0.1, 0.15) is 43.7 Å². The van der Waals surface area contributed by atoms with E-state index in [1.807, 2.05) is 19.1 Å². The van der Waals surface area contributed by atoms with Crippen LogP contribution in [0.2, 0.25) is 0 Å². The fourth-order valence-corrected chi connectivity index (χ4v) is 4.47. The second kappa shape index (κ2) is 10.7. The van der Waals surface area contributed by atoms with E-state index in [-0.39, 0.29) is 17.8 Å². The number of ether oxygens (including phenoxy) is 1. The normalized spacial score (nSPS) is 16.5. The van der Waals surface area contributed by atoms with Gasteiger partial charge in [0.1, 0.15) is 5.76 Å². The first-order chi connectivity index (χ1) is 14.5. The molecule has 1 aromatic carbocycles. The molecule has 7 heteroatoms. The first kappa shape index (κ1) is 22.4. The Labute approximate surface area is 182 Å². The van der Waals surface area contributed by atoms with Crippen LogP contribution in [0.3, 0.4) is 0 Å². The van der Waals surface area contributed by atoms with Gasteiger partial charge < -0.3 is 14.1 Å². The molecule has 3 rings (SSSR count). The lowest BCUT2D eigenvalue weighted by Gasteiger charge is -2.31. The van der Waals surface area contributed by atoms with Gasteiger partial charge in [-0.1, -0.05) is 19.1 Å². The molecule has 2 aromatic rings. The van der Waals surface area contributed by atoms with Gasteiger partial charge in [-0.2, -0.15) is 0 Å². The Balaban J connectivity index is 1.51. The molecule has 30 heavy (non-hydrogen) atoms. The van der Waals surface area contributed by atoms with E-state index >= 15 is 0 Å². The predicted octanol–water partition coefficient (Wildman–Crippen LogP) is 4.25. The summed E-state index contributed by atoms with van der Waals surface area (Å²) in [7, 11) is 0. The quantitative estimate of drug-likeness (QED) is 0.583. The average molecular weight is 431 g/mol. The van der Waals surface area contributed by atoms with Crippen LogP contribution in [-0.2, 0) is 26.5 Å². The summed E-state index contributed by atoms with van der Waals surface area (Å²) in [6.45, 7) is 7.37. The molecule has 1 aliphatic heterocycles. The zero-order valence-corrected chi connectivity index (χ0v) is 18.8. The highest BCUT2D eigenvalue weighted by Crippen LogP contribution is 2.25. The Morgan fingerprint density at radius 1 is 1.27 bits per heavy atom. The molecule has 0 saturated carbocycles. The predicted molar refractivity (Wildman–Crippen MR) is 118 cm³/mol. The number of piperidine rings is 1. The smallest absolute Gasteiger partial charge is 0.310 e. The van der Waals surface area contributed by atoms with E-state index in [1.165, 1.54) is 17.3 Å². The minimum atomic E-state index is -0.202. The van der Waals surface area contributed by atoms with E-state index in [0.29, 0.717) is 37.1 Å². The molecule has 1 atom stereocenters. The van der Waals surface area contributed by atoms with Crippen LogP contribution in [0.5, 0.6) is 0 Å². The van der Waals surface area contributed by atoms with Crippen molar-refractivity contribution in [1.29, 1.82) is 0 Å². The van der Waals surface area contributed by atoms with Crippen LogP contribution in [0.15, 0.2) is 28.7 Å². The van der Waals surface area contributed by atoms with Crippen molar-refractivity contribution in [3.8, 4) is 11.5 Å². The average Bonchev–Trinajstić information content (AvgIpc) is 3.14. The number of nitrogens with zero attached hydrogens (tertiary/aromatic N) is 2. The van der Waals surface area contributed by atoms with E-state index in [1.54, 1.807) is 11.8 Å². The summed E-state index contributed by atoms with van der Waals surface area (Å²) in [6, 6.07) is 8.23. The number of thioether (sulfide) groups is 1. The molecule has 1 unspecified atom stereocenters. The maximum Gasteiger partial charge on any atom is 0.310 e. The number of aryl methyl sites for hydroxylation is 2. The molecule has 0 bridgehead atoms. The molecule has 1 aliphatic rings. The van der Waals surface area contributed by atoms with Crippen LogP contribution in [0.4, 0.5) is 0 Å². The van der Waals surface area contributed by atoms with Crippen LogP contribution in [0.25, 0.3) is 11.5 Å². The molecule has 2 heterocycles. The minimum Gasteiger partial charge on any atom is -0.466 e. The van der Waals surface area contributed by atoms with Crippen LogP contribution in [-0.4, -0.2) is 47.2 Å². The van der Waals surface area contributed by atoms with Crippen molar-refractivity contribution < 1.29 is 18.7 Å². The van der Waals surface area contributed by atoms with Gasteiger partial charge in [0.2, 0.25) is 11.8 Å². The van der Waals surface area contributed by atoms with E-state index in [2.05, 4.69) is 24.0 Å². The summed E-state index contributed by atoms with van der Waals surface area (Å²) in [5.41, 5.74) is 3.10. The van der Waals surface area contributed by atoms with Crippen molar-refractivity contribution in [2.75, 3.05) is 25.4 Å². The molecule has 1 saturated heterocycles. The Morgan fingerprint density at radius 2 is 2.03 bits per heavy atom. The van der Waals surface area contributed by atoms with Crippen molar-refractivity contribution in [1.82, 2.24) is 9.88 Å². The number of hydrogen-bond donors (Lipinski definition) is 0. The molecule has 1 aromatic heterocycles. The summed E-state index contributed by atoms with van der Waals surface area (Å²) < 4.78 is 11.0. The lowest BCUT2D eigenvalue weighted by Crippen LogP contribution is -2.43. The van der Waals surface area contributed by atoms with Crippen molar-refractivity contribution in [2.24, 2.45) is 5.92 Å². The SMILES string of the molecule is CCOC(=O)C1CCCN(C(=O)CSCc2nc(-c3ccc(CC)cc3)oc2C)C1. The van der Waals surface area contributed by atoms with Gasteiger partial charge in [0.05, 0.1) is 24.0 Å². The number of amides is 1. The molecule has 6 nitrogen and oxygen atoms in total. The third kappa shape index (κ3) is 5.65. The summed E-state index contributed by atoms with van der Waals surface area (Å²) in [4.78, 5) is 31.0. The van der Waals surface area contributed by atoms with Crippen molar-refractivity contribution in [2.45, 2.75) is 45.8 Å². The maximum absolute atomic E-state index is 12.6. The van der Waals surface area contributed by atoms with Gasteiger partial charge >= 0.3 is 5.97 Å². The summed E-state index contributed by atoms with van der Waals surface area (Å²) in [5, 5.41) is 0. The largest absolute Gasteiger partial charge is 0.466 e. The van der Waals surface area contributed by atoms with Gasteiger partial charge in [-0.25, -0.2) is 4.98 Å². The molecule has 0 N–H and O–H groups in total. The van der Waals surface area contributed by atoms with E-state index in [0.717, 1.165) is 36.3 Å². The van der Waals surface area contributed by atoms with Gasteiger partial charge in [0, 0.05) is 24.4 Å². The monoisotopic (exact) mass is 430 g/mol. The Bertz CT molecular complexity index is 863. The van der Waals surface area contributed by atoms with Crippen molar-refractivity contribution >= 4 is 23.6 Å². The molecule has 0 aliphatic carbocycles. The molecule has 1 fully saturated rings. The molecule has 0 radical (unpaired) electrons. The van der Waals surface area contributed by atoms with E-state index in [4.69, 9.17) is 9.15 Å².